The van der Waals surface area contributed by atoms with Crippen LogP contribution in [0.5, 0.6) is 5.75 Å². The molecule has 1 amide bonds. The van der Waals surface area contributed by atoms with E-state index in [2.05, 4.69) is 5.32 Å². The summed E-state index contributed by atoms with van der Waals surface area (Å²) in [6.07, 6.45) is -4.78. The Morgan fingerprint density at radius 2 is 1.64 bits per heavy atom. The third kappa shape index (κ3) is 4.71. The van der Waals surface area contributed by atoms with E-state index in [4.69, 9.17) is 9.47 Å². The SMILES string of the molecule is COc1ccc2c(C(=O)NCC(=O)OC(C)(C)C)c(F)ccc2c1C(F)(F)F. The minimum absolute atomic E-state index is 0.255. The summed E-state index contributed by atoms with van der Waals surface area (Å²) in [6.45, 7) is 4.32. The Balaban J connectivity index is 2.46. The summed E-state index contributed by atoms with van der Waals surface area (Å²) >= 11 is 0. The molecule has 28 heavy (non-hydrogen) atoms. The number of fused-ring (bicyclic) bond motifs is 1. The molecular weight excluding hydrogens is 382 g/mol. The van der Waals surface area contributed by atoms with Gasteiger partial charge < -0.3 is 14.8 Å². The number of methoxy groups -OCH3 is 1. The third-order valence-electron chi connectivity index (χ3n) is 3.66. The van der Waals surface area contributed by atoms with Crippen molar-refractivity contribution in [3.63, 3.8) is 0 Å². The molecule has 0 saturated carbocycles. The number of ether oxygens (including phenoxy) is 2. The molecule has 152 valence electrons. The van der Waals surface area contributed by atoms with Gasteiger partial charge in [-0.15, -0.1) is 0 Å². The molecule has 2 aromatic rings. The normalized spacial score (nSPS) is 12.0. The highest BCUT2D eigenvalue weighted by Gasteiger charge is 2.37. The van der Waals surface area contributed by atoms with Gasteiger partial charge in [0.2, 0.25) is 0 Å². The topological polar surface area (TPSA) is 64.6 Å². The Morgan fingerprint density at radius 1 is 1.04 bits per heavy atom. The first kappa shape index (κ1) is 21.5. The number of nitrogens with one attached hydrogen (secondary N) is 1. The summed E-state index contributed by atoms with van der Waals surface area (Å²) < 4.78 is 64.5. The van der Waals surface area contributed by atoms with E-state index in [9.17, 15) is 27.2 Å². The molecule has 0 fully saturated rings. The summed E-state index contributed by atoms with van der Waals surface area (Å²) in [5.74, 6) is -3.27. The monoisotopic (exact) mass is 401 g/mol. The zero-order valence-electron chi connectivity index (χ0n) is 15.7. The molecule has 0 bridgehead atoms. The zero-order chi connectivity index (χ0) is 21.3. The molecular formula is C19H19F4NO4. The minimum Gasteiger partial charge on any atom is -0.496 e. The minimum atomic E-state index is -4.78. The predicted octanol–water partition coefficient (Wildman–Crippen LogP) is 4.08. The largest absolute Gasteiger partial charge is 0.496 e. The summed E-state index contributed by atoms with van der Waals surface area (Å²) in [4.78, 5) is 24.1. The van der Waals surface area contributed by atoms with E-state index >= 15 is 0 Å². The van der Waals surface area contributed by atoms with Crippen molar-refractivity contribution in [2.45, 2.75) is 32.5 Å². The molecule has 0 heterocycles. The number of hydrogen-bond acceptors (Lipinski definition) is 4. The van der Waals surface area contributed by atoms with Gasteiger partial charge in [-0.2, -0.15) is 13.2 Å². The second kappa shape index (κ2) is 7.65. The average molecular weight is 401 g/mol. The van der Waals surface area contributed by atoms with Gasteiger partial charge in [0.1, 0.15) is 29.3 Å². The summed E-state index contributed by atoms with van der Waals surface area (Å²) in [6, 6.07) is 3.87. The van der Waals surface area contributed by atoms with Gasteiger partial charge in [0.15, 0.2) is 0 Å². The van der Waals surface area contributed by atoms with Crippen LogP contribution in [0.3, 0.4) is 0 Å². The van der Waals surface area contributed by atoms with E-state index < -0.39 is 58.3 Å². The van der Waals surface area contributed by atoms with Crippen LogP contribution in [-0.2, 0) is 15.7 Å². The van der Waals surface area contributed by atoms with Crippen molar-refractivity contribution in [2.24, 2.45) is 0 Å². The van der Waals surface area contributed by atoms with Gasteiger partial charge in [-0.1, -0.05) is 6.07 Å². The first-order valence-electron chi connectivity index (χ1n) is 8.21. The van der Waals surface area contributed by atoms with Crippen molar-refractivity contribution in [3.05, 3.63) is 41.2 Å². The molecule has 0 aromatic heterocycles. The lowest BCUT2D eigenvalue weighted by Crippen LogP contribution is -2.35. The number of halogens is 4. The summed E-state index contributed by atoms with van der Waals surface area (Å²) in [5, 5.41) is 1.53. The zero-order valence-corrected chi connectivity index (χ0v) is 15.7. The smallest absolute Gasteiger partial charge is 0.420 e. The number of carbonyl (C=O) groups is 2. The second-order valence-corrected chi connectivity index (χ2v) is 6.93. The van der Waals surface area contributed by atoms with Crippen LogP contribution in [0.25, 0.3) is 10.8 Å². The first-order chi connectivity index (χ1) is 12.8. The van der Waals surface area contributed by atoms with E-state index in [1.807, 2.05) is 0 Å². The fourth-order valence-electron chi connectivity index (χ4n) is 2.67. The molecule has 5 nitrogen and oxygen atoms in total. The van der Waals surface area contributed by atoms with Crippen molar-refractivity contribution >= 4 is 22.6 Å². The number of benzene rings is 2. The van der Waals surface area contributed by atoms with Crippen LogP contribution >= 0.6 is 0 Å². The van der Waals surface area contributed by atoms with E-state index in [0.717, 1.165) is 31.4 Å². The molecule has 0 atom stereocenters. The van der Waals surface area contributed by atoms with Crippen LogP contribution in [0.1, 0.15) is 36.7 Å². The average Bonchev–Trinajstić information content (AvgIpc) is 2.56. The van der Waals surface area contributed by atoms with Gasteiger partial charge in [0, 0.05) is 0 Å². The number of carbonyl (C=O) groups excluding carboxylic acids is 2. The van der Waals surface area contributed by atoms with E-state index in [0.29, 0.717) is 0 Å². The highest BCUT2D eigenvalue weighted by atomic mass is 19.4. The standard InChI is InChI=1S/C19H19F4NO4/c1-18(2,3)28-14(25)9-24-17(26)15-10-6-8-13(27-4)16(19(21,22)23)11(10)5-7-12(15)20/h5-8H,9H2,1-4H3,(H,24,26). The molecule has 1 N–H and O–H groups in total. The van der Waals surface area contributed by atoms with Gasteiger partial charge in [-0.25, -0.2) is 4.39 Å². The van der Waals surface area contributed by atoms with Crippen molar-refractivity contribution in [2.75, 3.05) is 13.7 Å². The van der Waals surface area contributed by atoms with Crippen LogP contribution in [0.2, 0.25) is 0 Å². The summed E-state index contributed by atoms with van der Waals surface area (Å²) in [7, 11) is 1.08. The van der Waals surface area contributed by atoms with Gasteiger partial charge >= 0.3 is 12.1 Å². The highest BCUT2D eigenvalue weighted by molar-refractivity contribution is 6.09. The lowest BCUT2D eigenvalue weighted by atomic mass is 9.98. The van der Waals surface area contributed by atoms with Gasteiger partial charge in [-0.05, 0) is 49.7 Å². The Morgan fingerprint density at radius 3 is 2.18 bits per heavy atom. The fourth-order valence-corrected chi connectivity index (χ4v) is 2.67. The van der Waals surface area contributed by atoms with Crippen molar-refractivity contribution in [1.29, 1.82) is 0 Å². The van der Waals surface area contributed by atoms with E-state index in [1.54, 1.807) is 20.8 Å². The third-order valence-corrected chi connectivity index (χ3v) is 3.66. The Kier molecular flexibility index (Phi) is 5.86. The van der Waals surface area contributed by atoms with Crippen LogP contribution in [0, 0.1) is 5.82 Å². The van der Waals surface area contributed by atoms with Gasteiger partial charge in [0.05, 0.1) is 12.7 Å². The number of esters is 1. The molecule has 2 aromatic carbocycles. The number of alkyl halides is 3. The van der Waals surface area contributed by atoms with Crippen molar-refractivity contribution in [3.8, 4) is 5.75 Å². The molecule has 0 aliphatic rings. The van der Waals surface area contributed by atoms with E-state index in [-0.39, 0.29) is 5.39 Å². The molecule has 2 rings (SSSR count). The summed E-state index contributed by atoms with van der Waals surface area (Å²) in [5.41, 5.74) is -2.51. The molecule has 0 spiro atoms. The first-order valence-corrected chi connectivity index (χ1v) is 8.21. The quantitative estimate of drug-likeness (QED) is 0.620. The maximum Gasteiger partial charge on any atom is 0.420 e. The van der Waals surface area contributed by atoms with Crippen molar-refractivity contribution in [1.82, 2.24) is 5.32 Å². The number of amides is 1. The maximum atomic E-state index is 14.3. The number of rotatable bonds is 4. The Hall–Kier alpha value is -2.84. The number of hydrogen-bond donors (Lipinski definition) is 1. The van der Waals surface area contributed by atoms with Crippen LogP contribution in [0.4, 0.5) is 17.6 Å². The van der Waals surface area contributed by atoms with Crippen LogP contribution < -0.4 is 10.1 Å². The molecule has 0 aliphatic carbocycles. The molecule has 9 heteroatoms. The highest BCUT2D eigenvalue weighted by Crippen LogP contribution is 2.42. The van der Waals surface area contributed by atoms with Gasteiger partial charge in [-0.3, -0.25) is 9.59 Å². The Labute approximate surface area is 158 Å². The lowest BCUT2D eigenvalue weighted by Gasteiger charge is -2.20. The van der Waals surface area contributed by atoms with Crippen LogP contribution in [0.15, 0.2) is 24.3 Å². The van der Waals surface area contributed by atoms with Crippen molar-refractivity contribution < 1.29 is 36.6 Å². The van der Waals surface area contributed by atoms with E-state index in [1.165, 1.54) is 0 Å². The van der Waals surface area contributed by atoms with Gasteiger partial charge in [0.25, 0.3) is 5.91 Å². The molecule has 0 saturated heterocycles. The lowest BCUT2D eigenvalue weighted by molar-refractivity contribution is -0.153. The predicted molar refractivity (Wildman–Crippen MR) is 93.6 cm³/mol. The fraction of sp³-hybridized carbons (Fsp3) is 0.368. The molecule has 0 aliphatic heterocycles. The Bertz CT molecular complexity index is 917. The molecule has 0 radical (unpaired) electrons. The molecule has 0 unspecified atom stereocenters. The maximum absolute atomic E-state index is 14.3. The van der Waals surface area contributed by atoms with Crippen LogP contribution in [-0.4, -0.2) is 31.1 Å². The second-order valence-electron chi connectivity index (χ2n) is 6.93.